The zero-order valence-corrected chi connectivity index (χ0v) is 12.4. The number of rotatable bonds is 12. The molecule has 0 aliphatic carbocycles. The average Bonchev–Trinajstić information content (AvgIpc) is 2.31. The van der Waals surface area contributed by atoms with Crippen molar-refractivity contribution in [2.45, 2.75) is 84.5 Å². The van der Waals surface area contributed by atoms with E-state index in [0.29, 0.717) is 0 Å². The Balaban J connectivity index is 2.93. The summed E-state index contributed by atoms with van der Waals surface area (Å²) in [5, 5.41) is 0. The lowest BCUT2D eigenvalue weighted by Gasteiger charge is -2.07. The summed E-state index contributed by atoms with van der Waals surface area (Å²) in [6.07, 6.45) is 15.8. The third-order valence-corrected chi connectivity index (χ3v) is 3.99. The van der Waals surface area contributed by atoms with Gasteiger partial charge in [-0.1, -0.05) is 78.1 Å². The van der Waals surface area contributed by atoms with Gasteiger partial charge in [-0.15, -0.1) is 0 Å². The Labute approximate surface area is 109 Å². The molecule has 16 heavy (non-hydrogen) atoms. The van der Waals surface area contributed by atoms with Gasteiger partial charge in [0.05, 0.1) is 0 Å². The van der Waals surface area contributed by atoms with Crippen molar-refractivity contribution in [2.24, 2.45) is 5.92 Å². The molecule has 0 radical (unpaired) electrons. The van der Waals surface area contributed by atoms with Crippen LogP contribution in [0.4, 0.5) is 0 Å². The SMILES string of the molecule is CCCCCCCCCCCCC(C)CS. The van der Waals surface area contributed by atoms with E-state index in [9.17, 15) is 0 Å². The molecular formula is C15H32S. The summed E-state index contributed by atoms with van der Waals surface area (Å²) in [6, 6.07) is 0. The minimum Gasteiger partial charge on any atom is -0.179 e. The third-order valence-electron chi connectivity index (χ3n) is 3.36. The molecule has 0 aliphatic heterocycles. The van der Waals surface area contributed by atoms with E-state index in [0.717, 1.165) is 11.7 Å². The van der Waals surface area contributed by atoms with Gasteiger partial charge >= 0.3 is 0 Å². The summed E-state index contributed by atoms with van der Waals surface area (Å²) < 4.78 is 0. The molecule has 0 aromatic rings. The molecule has 1 atom stereocenters. The van der Waals surface area contributed by atoms with Gasteiger partial charge in [0, 0.05) is 0 Å². The Kier molecular flexibility index (Phi) is 13.7. The highest BCUT2D eigenvalue weighted by Gasteiger charge is 1.98. The lowest BCUT2D eigenvalue weighted by molar-refractivity contribution is 0.510. The van der Waals surface area contributed by atoms with Crippen LogP contribution in [0, 0.1) is 5.92 Å². The lowest BCUT2D eigenvalue weighted by atomic mass is 10.0. The predicted octanol–water partition coefficient (Wildman–Crippen LogP) is 5.86. The quantitative estimate of drug-likeness (QED) is 0.322. The van der Waals surface area contributed by atoms with E-state index in [1.807, 2.05) is 0 Å². The maximum Gasteiger partial charge on any atom is -0.00721 e. The molecule has 1 unspecified atom stereocenters. The Hall–Kier alpha value is 0.350. The van der Waals surface area contributed by atoms with E-state index in [4.69, 9.17) is 0 Å². The number of thiol groups is 1. The van der Waals surface area contributed by atoms with Crippen LogP contribution in [0.3, 0.4) is 0 Å². The first-order valence-corrected chi connectivity index (χ1v) is 8.05. The van der Waals surface area contributed by atoms with Crippen LogP contribution in [0.25, 0.3) is 0 Å². The largest absolute Gasteiger partial charge is 0.179 e. The zero-order chi connectivity index (χ0) is 12.1. The molecule has 0 saturated heterocycles. The van der Waals surface area contributed by atoms with Crippen molar-refractivity contribution in [1.82, 2.24) is 0 Å². The topological polar surface area (TPSA) is 0 Å². The summed E-state index contributed by atoms with van der Waals surface area (Å²) in [7, 11) is 0. The van der Waals surface area contributed by atoms with E-state index >= 15 is 0 Å². The van der Waals surface area contributed by atoms with Crippen LogP contribution in [0.1, 0.15) is 84.5 Å². The van der Waals surface area contributed by atoms with Crippen molar-refractivity contribution >= 4 is 12.6 Å². The van der Waals surface area contributed by atoms with Gasteiger partial charge < -0.3 is 0 Å². The Morgan fingerprint density at radius 2 is 1.19 bits per heavy atom. The molecule has 0 amide bonds. The molecule has 0 nitrogen and oxygen atoms in total. The molecule has 0 heterocycles. The summed E-state index contributed by atoms with van der Waals surface area (Å²) in [6.45, 7) is 4.59. The molecule has 0 spiro atoms. The number of hydrogen-bond donors (Lipinski definition) is 1. The van der Waals surface area contributed by atoms with Gasteiger partial charge in [-0.3, -0.25) is 0 Å². The number of unbranched alkanes of at least 4 members (excludes halogenated alkanes) is 9. The van der Waals surface area contributed by atoms with E-state index in [1.54, 1.807) is 0 Å². The maximum atomic E-state index is 4.31. The Morgan fingerprint density at radius 1 is 0.750 bits per heavy atom. The smallest absolute Gasteiger partial charge is 0.00721 e. The van der Waals surface area contributed by atoms with E-state index in [-0.39, 0.29) is 0 Å². The second-order valence-corrected chi connectivity index (χ2v) is 5.62. The van der Waals surface area contributed by atoms with Gasteiger partial charge in [0.1, 0.15) is 0 Å². The maximum absolute atomic E-state index is 4.31. The minimum absolute atomic E-state index is 0.817. The molecule has 0 fully saturated rings. The molecule has 0 aromatic heterocycles. The van der Waals surface area contributed by atoms with E-state index in [2.05, 4.69) is 26.5 Å². The minimum atomic E-state index is 0.817. The Morgan fingerprint density at radius 3 is 1.62 bits per heavy atom. The van der Waals surface area contributed by atoms with Gasteiger partial charge in [-0.05, 0) is 18.1 Å². The third kappa shape index (κ3) is 12.4. The first-order chi connectivity index (χ1) is 7.81. The van der Waals surface area contributed by atoms with Gasteiger partial charge in [-0.2, -0.15) is 12.6 Å². The summed E-state index contributed by atoms with van der Waals surface area (Å²) in [4.78, 5) is 0. The van der Waals surface area contributed by atoms with Crippen molar-refractivity contribution in [2.75, 3.05) is 5.75 Å². The predicted molar refractivity (Wildman–Crippen MR) is 79.5 cm³/mol. The van der Waals surface area contributed by atoms with Crippen LogP contribution in [-0.4, -0.2) is 5.75 Å². The van der Waals surface area contributed by atoms with Crippen molar-refractivity contribution in [3.8, 4) is 0 Å². The van der Waals surface area contributed by atoms with E-state index in [1.165, 1.54) is 70.6 Å². The molecule has 1 heteroatoms. The molecule has 0 rings (SSSR count). The fourth-order valence-electron chi connectivity index (χ4n) is 2.07. The van der Waals surface area contributed by atoms with E-state index < -0.39 is 0 Å². The van der Waals surface area contributed by atoms with Crippen LogP contribution in [-0.2, 0) is 0 Å². The van der Waals surface area contributed by atoms with Gasteiger partial charge in [0.2, 0.25) is 0 Å². The van der Waals surface area contributed by atoms with Crippen LogP contribution >= 0.6 is 12.6 Å². The standard InChI is InChI=1S/C15H32S/c1-3-4-5-6-7-8-9-10-11-12-13-15(2)14-16/h15-16H,3-14H2,1-2H3. The van der Waals surface area contributed by atoms with Crippen LogP contribution in [0.15, 0.2) is 0 Å². The molecule has 98 valence electrons. The summed E-state index contributed by atoms with van der Waals surface area (Å²) >= 11 is 4.31. The van der Waals surface area contributed by atoms with Gasteiger partial charge in [-0.25, -0.2) is 0 Å². The number of hydrogen-bond acceptors (Lipinski definition) is 1. The second-order valence-electron chi connectivity index (χ2n) is 5.26. The van der Waals surface area contributed by atoms with Gasteiger partial charge in [0.25, 0.3) is 0 Å². The second kappa shape index (κ2) is 13.4. The van der Waals surface area contributed by atoms with Crippen LogP contribution < -0.4 is 0 Å². The Bertz CT molecular complexity index is 123. The zero-order valence-electron chi connectivity index (χ0n) is 11.5. The fraction of sp³-hybridized carbons (Fsp3) is 1.00. The monoisotopic (exact) mass is 244 g/mol. The van der Waals surface area contributed by atoms with Crippen molar-refractivity contribution < 1.29 is 0 Å². The molecule has 0 aromatic carbocycles. The highest BCUT2D eigenvalue weighted by Crippen LogP contribution is 2.14. The molecule has 0 saturated carbocycles. The van der Waals surface area contributed by atoms with Crippen LogP contribution in [0.2, 0.25) is 0 Å². The molecule has 0 N–H and O–H groups in total. The highest BCUT2D eigenvalue weighted by molar-refractivity contribution is 7.80. The molecular weight excluding hydrogens is 212 g/mol. The van der Waals surface area contributed by atoms with Crippen molar-refractivity contribution in [3.05, 3.63) is 0 Å². The van der Waals surface area contributed by atoms with Crippen molar-refractivity contribution in [3.63, 3.8) is 0 Å². The highest BCUT2D eigenvalue weighted by atomic mass is 32.1. The first kappa shape index (κ1) is 16.4. The van der Waals surface area contributed by atoms with Crippen molar-refractivity contribution in [1.29, 1.82) is 0 Å². The normalized spacial score (nSPS) is 12.9. The summed E-state index contributed by atoms with van der Waals surface area (Å²) in [5.41, 5.74) is 0. The molecule has 0 aliphatic rings. The lowest BCUT2D eigenvalue weighted by Crippen LogP contribution is -1.95. The fourth-order valence-corrected chi connectivity index (χ4v) is 2.25. The van der Waals surface area contributed by atoms with Gasteiger partial charge in [0.15, 0.2) is 0 Å². The first-order valence-electron chi connectivity index (χ1n) is 7.42. The summed E-state index contributed by atoms with van der Waals surface area (Å²) in [5.74, 6) is 1.87. The molecule has 0 bridgehead atoms. The van der Waals surface area contributed by atoms with Crippen LogP contribution in [0.5, 0.6) is 0 Å². The average molecular weight is 244 g/mol.